The van der Waals surface area contributed by atoms with E-state index >= 15 is 0 Å². The largest absolute Gasteiger partial charge is 0.476 e. The maximum atomic E-state index is 11.2. The monoisotopic (exact) mass is 321 g/mol. The minimum absolute atomic E-state index is 0.0657. The van der Waals surface area contributed by atoms with Gasteiger partial charge in [-0.15, -0.1) is 5.10 Å². The van der Waals surface area contributed by atoms with Gasteiger partial charge in [-0.3, -0.25) is 0 Å². The van der Waals surface area contributed by atoms with Gasteiger partial charge in [0.1, 0.15) is 0 Å². The molecule has 1 saturated carbocycles. The number of hydrogen-bond acceptors (Lipinski definition) is 3. The minimum atomic E-state index is -1.02. The summed E-state index contributed by atoms with van der Waals surface area (Å²) < 4.78 is 2.53. The van der Waals surface area contributed by atoms with Gasteiger partial charge in [0.2, 0.25) is 0 Å². The Morgan fingerprint density at radius 1 is 1.47 bits per heavy atom. The summed E-state index contributed by atoms with van der Waals surface area (Å²) in [5.74, 6) is -0.759. The molecule has 0 amide bonds. The van der Waals surface area contributed by atoms with E-state index < -0.39 is 5.97 Å². The van der Waals surface area contributed by atoms with Gasteiger partial charge in [-0.1, -0.05) is 11.3 Å². The molecule has 0 radical (unpaired) electrons. The molecule has 0 aliphatic heterocycles. The molecular weight excluding hydrogens is 310 g/mol. The fourth-order valence-corrected chi connectivity index (χ4v) is 2.54. The number of nitrogens with zero attached hydrogens (tertiary/aromatic N) is 3. The van der Waals surface area contributed by atoms with E-state index in [1.54, 1.807) is 4.68 Å². The van der Waals surface area contributed by atoms with Crippen molar-refractivity contribution in [2.75, 3.05) is 0 Å². The van der Waals surface area contributed by atoms with Gasteiger partial charge in [0, 0.05) is 10.4 Å². The van der Waals surface area contributed by atoms with Crippen molar-refractivity contribution in [2.45, 2.75) is 25.7 Å². The Morgan fingerprint density at radius 3 is 2.84 bits per heavy atom. The summed E-state index contributed by atoms with van der Waals surface area (Å²) in [6, 6.07) is 5.89. The summed E-state index contributed by atoms with van der Waals surface area (Å²) in [5, 5.41) is 17.0. The van der Waals surface area contributed by atoms with E-state index in [2.05, 4.69) is 26.2 Å². The number of rotatable bonds is 3. The Balaban J connectivity index is 2.20. The Hall–Kier alpha value is -1.69. The third-order valence-corrected chi connectivity index (χ3v) is 3.87. The molecule has 1 N–H and O–H groups in total. The summed E-state index contributed by atoms with van der Waals surface area (Å²) in [7, 11) is 0. The first-order chi connectivity index (χ1) is 9.08. The zero-order chi connectivity index (χ0) is 13.6. The molecule has 1 aliphatic rings. The Labute approximate surface area is 118 Å². The molecule has 1 aromatic carbocycles. The average molecular weight is 322 g/mol. The lowest BCUT2D eigenvalue weighted by Crippen LogP contribution is -2.06. The van der Waals surface area contributed by atoms with Gasteiger partial charge in [-0.05, 0) is 53.4 Å². The number of aromatic carboxylic acids is 1. The zero-order valence-electron chi connectivity index (χ0n) is 10.3. The first kappa shape index (κ1) is 12.3. The number of aromatic nitrogens is 3. The lowest BCUT2D eigenvalue weighted by atomic mass is 10.2. The molecule has 1 heterocycles. The maximum Gasteiger partial charge on any atom is 0.358 e. The number of aryl methyl sites for hydroxylation is 1. The number of carboxylic acid groups (broad SMARTS) is 1. The highest BCUT2D eigenvalue weighted by Crippen LogP contribution is 2.42. The summed E-state index contributed by atoms with van der Waals surface area (Å²) >= 11 is 3.48. The molecule has 0 atom stereocenters. The van der Waals surface area contributed by atoms with E-state index in [4.69, 9.17) is 0 Å². The second-order valence-electron chi connectivity index (χ2n) is 4.77. The SMILES string of the molecule is Cc1ccc(Br)c(-n2nnc(C(=O)O)c2C2CC2)c1. The van der Waals surface area contributed by atoms with E-state index in [1.165, 1.54) is 0 Å². The normalized spacial score (nSPS) is 14.6. The molecular formula is C13H12BrN3O2. The first-order valence-corrected chi connectivity index (χ1v) is 6.82. The van der Waals surface area contributed by atoms with E-state index in [-0.39, 0.29) is 11.6 Å². The van der Waals surface area contributed by atoms with Crippen molar-refractivity contribution >= 4 is 21.9 Å². The fraction of sp³-hybridized carbons (Fsp3) is 0.308. The van der Waals surface area contributed by atoms with Crippen molar-refractivity contribution in [2.24, 2.45) is 0 Å². The predicted octanol–water partition coefficient (Wildman–Crippen LogP) is 2.91. The van der Waals surface area contributed by atoms with E-state index in [1.807, 2.05) is 25.1 Å². The topological polar surface area (TPSA) is 68.0 Å². The zero-order valence-corrected chi connectivity index (χ0v) is 11.9. The van der Waals surface area contributed by atoms with Crippen molar-refractivity contribution in [1.29, 1.82) is 0 Å². The quantitative estimate of drug-likeness (QED) is 0.943. The highest BCUT2D eigenvalue weighted by atomic mass is 79.9. The summed E-state index contributed by atoms with van der Waals surface area (Å²) in [4.78, 5) is 11.2. The van der Waals surface area contributed by atoms with Crippen LogP contribution in [0.5, 0.6) is 0 Å². The molecule has 1 fully saturated rings. The molecule has 0 saturated heterocycles. The molecule has 0 unspecified atom stereocenters. The molecule has 6 heteroatoms. The van der Waals surface area contributed by atoms with Crippen molar-refractivity contribution < 1.29 is 9.90 Å². The van der Waals surface area contributed by atoms with Gasteiger partial charge in [-0.25, -0.2) is 9.48 Å². The number of benzene rings is 1. The average Bonchev–Trinajstić information content (AvgIpc) is 3.11. The Morgan fingerprint density at radius 2 is 2.21 bits per heavy atom. The third kappa shape index (κ3) is 2.16. The van der Waals surface area contributed by atoms with Gasteiger partial charge in [0.15, 0.2) is 5.69 Å². The van der Waals surface area contributed by atoms with Gasteiger partial charge in [-0.2, -0.15) is 0 Å². The number of halogens is 1. The summed E-state index contributed by atoms with van der Waals surface area (Å²) in [6.45, 7) is 1.99. The molecule has 3 rings (SSSR count). The van der Waals surface area contributed by atoms with Gasteiger partial charge in [0.05, 0.1) is 11.4 Å². The highest BCUT2D eigenvalue weighted by Gasteiger charge is 2.34. The third-order valence-electron chi connectivity index (χ3n) is 3.20. The number of carbonyl (C=O) groups is 1. The van der Waals surface area contributed by atoms with E-state index in [9.17, 15) is 9.90 Å². The molecule has 19 heavy (non-hydrogen) atoms. The van der Waals surface area contributed by atoms with Gasteiger partial charge in [0.25, 0.3) is 0 Å². The minimum Gasteiger partial charge on any atom is -0.476 e. The predicted molar refractivity (Wildman–Crippen MR) is 72.7 cm³/mol. The van der Waals surface area contributed by atoms with Gasteiger partial charge < -0.3 is 5.11 Å². The van der Waals surface area contributed by atoms with Crippen LogP contribution in [0, 0.1) is 6.92 Å². The highest BCUT2D eigenvalue weighted by molar-refractivity contribution is 9.10. The smallest absolute Gasteiger partial charge is 0.358 e. The maximum absolute atomic E-state index is 11.2. The molecule has 1 aromatic heterocycles. The Kier molecular flexibility index (Phi) is 2.89. The summed E-state index contributed by atoms with van der Waals surface area (Å²) in [5.41, 5.74) is 2.70. The van der Waals surface area contributed by atoms with Crippen LogP contribution in [0.4, 0.5) is 0 Å². The van der Waals surface area contributed by atoms with E-state index in [0.29, 0.717) is 5.69 Å². The van der Waals surface area contributed by atoms with Crippen LogP contribution < -0.4 is 0 Å². The lowest BCUT2D eigenvalue weighted by molar-refractivity contribution is 0.0689. The summed E-state index contributed by atoms with van der Waals surface area (Å²) in [6.07, 6.45) is 1.99. The first-order valence-electron chi connectivity index (χ1n) is 6.03. The van der Waals surface area contributed by atoms with Crippen LogP contribution in [0.15, 0.2) is 22.7 Å². The molecule has 98 valence electrons. The molecule has 0 bridgehead atoms. The fourth-order valence-electron chi connectivity index (χ4n) is 2.13. The number of hydrogen-bond donors (Lipinski definition) is 1. The molecule has 1 aliphatic carbocycles. The van der Waals surface area contributed by atoms with Gasteiger partial charge >= 0.3 is 5.97 Å². The van der Waals surface area contributed by atoms with Crippen LogP contribution in [-0.2, 0) is 0 Å². The molecule has 2 aromatic rings. The van der Waals surface area contributed by atoms with Crippen molar-refractivity contribution in [1.82, 2.24) is 15.0 Å². The van der Waals surface area contributed by atoms with Crippen molar-refractivity contribution in [3.05, 3.63) is 39.6 Å². The Bertz CT molecular complexity index is 662. The van der Waals surface area contributed by atoms with Crippen LogP contribution in [0.2, 0.25) is 0 Å². The van der Waals surface area contributed by atoms with Crippen LogP contribution >= 0.6 is 15.9 Å². The molecule has 5 nitrogen and oxygen atoms in total. The molecule has 0 spiro atoms. The van der Waals surface area contributed by atoms with E-state index in [0.717, 1.165) is 28.6 Å². The van der Waals surface area contributed by atoms with Crippen molar-refractivity contribution in [3.8, 4) is 5.69 Å². The second kappa shape index (κ2) is 4.45. The van der Waals surface area contributed by atoms with Crippen LogP contribution in [0.3, 0.4) is 0 Å². The van der Waals surface area contributed by atoms with Crippen LogP contribution in [0.1, 0.15) is 40.5 Å². The van der Waals surface area contributed by atoms with Crippen molar-refractivity contribution in [3.63, 3.8) is 0 Å². The standard InChI is InChI=1S/C13H12BrN3O2/c1-7-2-5-9(14)10(6-7)17-12(8-3-4-8)11(13(18)19)15-16-17/h2,5-6,8H,3-4H2,1H3,(H,18,19). The number of carboxylic acids is 1. The second-order valence-corrected chi connectivity index (χ2v) is 5.62. The lowest BCUT2D eigenvalue weighted by Gasteiger charge is -2.09. The van der Waals surface area contributed by atoms with Crippen LogP contribution in [-0.4, -0.2) is 26.1 Å². The van der Waals surface area contributed by atoms with Crippen LogP contribution in [0.25, 0.3) is 5.69 Å².